The van der Waals surface area contributed by atoms with E-state index < -0.39 is 31.3 Å². The summed E-state index contributed by atoms with van der Waals surface area (Å²) in [6.07, 6.45) is -0.478. The summed E-state index contributed by atoms with van der Waals surface area (Å²) < 4.78 is 10.4. The molecule has 8 heteroatoms. The van der Waals surface area contributed by atoms with Crippen LogP contribution in [0.25, 0.3) is 0 Å². The molecule has 0 unspecified atom stereocenters. The Labute approximate surface area is 201 Å². The number of hydrogen-bond acceptors (Lipinski definition) is 6. The van der Waals surface area contributed by atoms with Crippen molar-refractivity contribution in [1.29, 1.82) is 0 Å². The minimum atomic E-state index is -0.990. The molecular formula is C25H22Cl2O6. The average Bonchev–Trinajstić information content (AvgIpc) is 2.81. The van der Waals surface area contributed by atoms with E-state index in [1.54, 1.807) is 18.2 Å². The Morgan fingerprint density at radius 3 is 2.03 bits per heavy atom. The first-order valence-corrected chi connectivity index (χ1v) is 10.9. The highest BCUT2D eigenvalue weighted by molar-refractivity contribution is 6.36. The normalized spacial score (nSPS) is 10.8. The summed E-state index contributed by atoms with van der Waals surface area (Å²) in [6, 6.07) is 18.6. The van der Waals surface area contributed by atoms with Gasteiger partial charge in [0.2, 0.25) is 0 Å². The number of aliphatic hydroxyl groups excluding tert-OH is 2. The predicted molar refractivity (Wildman–Crippen MR) is 125 cm³/mol. The maximum atomic E-state index is 12.5. The van der Waals surface area contributed by atoms with Crippen LogP contribution in [0.1, 0.15) is 27.0 Å². The van der Waals surface area contributed by atoms with Crippen molar-refractivity contribution in [3.63, 3.8) is 0 Å². The molecule has 3 aromatic carbocycles. The van der Waals surface area contributed by atoms with Crippen molar-refractivity contribution in [3.05, 3.63) is 99.0 Å². The fraction of sp³-hybridized carbons (Fsp3) is 0.200. The summed E-state index contributed by atoms with van der Waals surface area (Å²) >= 11 is 12.6. The number of benzene rings is 3. The number of rotatable bonds is 9. The smallest absolute Gasteiger partial charge is 0.338 e. The Hall–Kier alpha value is -2.90. The van der Waals surface area contributed by atoms with E-state index in [0.29, 0.717) is 16.5 Å². The number of esters is 2. The summed E-state index contributed by atoms with van der Waals surface area (Å²) in [5.41, 5.74) is 2.68. The molecule has 0 saturated carbocycles. The highest BCUT2D eigenvalue weighted by Crippen LogP contribution is 2.28. The van der Waals surface area contributed by atoms with Crippen molar-refractivity contribution in [2.75, 3.05) is 13.2 Å². The van der Waals surface area contributed by atoms with E-state index in [4.69, 9.17) is 42.9 Å². The molecule has 0 aliphatic carbocycles. The van der Waals surface area contributed by atoms with E-state index in [-0.39, 0.29) is 17.7 Å². The van der Waals surface area contributed by atoms with Crippen LogP contribution in [0.2, 0.25) is 10.0 Å². The van der Waals surface area contributed by atoms with Gasteiger partial charge in [-0.05, 0) is 53.1 Å². The van der Waals surface area contributed by atoms with Gasteiger partial charge in [0.15, 0.2) is 0 Å². The van der Waals surface area contributed by atoms with Crippen LogP contribution in [0.3, 0.4) is 0 Å². The topological polar surface area (TPSA) is 93.1 Å². The molecule has 0 fully saturated rings. The largest absolute Gasteiger partial charge is 0.454 e. The molecule has 172 valence electrons. The third-order valence-electron chi connectivity index (χ3n) is 4.88. The quantitative estimate of drug-likeness (QED) is 0.345. The lowest BCUT2D eigenvalue weighted by atomic mass is 9.98. The summed E-state index contributed by atoms with van der Waals surface area (Å²) in [7, 11) is 0. The monoisotopic (exact) mass is 488 g/mol. The molecule has 2 N–H and O–H groups in total. The molecule has 33 heavy (non-hydrogen) atoms. The second kappa shape index (κ2) is 11.8. The predicted octanol–water partition coefficient (Wildman–Crippen LogP) is 4.24. The van der Waals surface area contributed by atoms with Crippen LogP contribution in [-0.4, -0.2) is 41.5 Å². The highest BCUT2D eigenvalue weighted by Gasteiger charge is 2.16. The molecule has 0 radical (unpaired) electrons. The molecule has 0 saturated heterocycles. The molecule has 0 aromatic heterocycles. The molecule has 3 rings (SSSR count). The molecule has 0 aliphatic heterocycles. The van der Waals surface area contributed by atoms with Crippen LogP contribution in [0.15, 0.2) is 66.7 Å². The van der Waals surface area contributed by atoms with E-state index in [2.05, 4.69) is 0 Å². The number of carbonyl (C=O) groups is 2. The van der Waals surface area contributed by atoms with Crippen molar-refractivity contribution in [2.45, 2.75) is 18.9 Å². The molecule has 6 nitrogen and oxygen atoms in total. The van der Waals surface area contributed by atoms with Gasteiger partial charge in [0, 0.05) is 16.5 Å². The van der Waals surface area contributed by atoms with Crippen molar-refractivity contribution < 1.29 is 29.3 Å². The average molecular weight is 489 g/mol. The molecule has 0 amide bonds. The van der Waals surface area contributed by atoms with E-state index in [1.807, 2.05) is 24.3 Å². The second-order valence-corrected chi connectivity index (χ2v) is 8.03. The van der Waals surface area contributed by atoms with Gasteiger partial charge in [-0.25, -0.2) is 4.79 Å². The maximum absolute atomic E-state index is 12.5. The van der Waals surface area contributed by atoms with Gasteiger partial charge >= 0.3 is 11.9 Å². The molecule has 0 atom stereocenters. The minimum absolute atomic E-state index is 0.0384. The van der Waals surface area contributed by atoms with Gasteiger partial charge < -0.3 is 19.7 Å². The Balaban J connectivity index is 1.65. The first-order chi connectivity index (χ1) is 15.9. The first-order valence-electron chi connectivity index (χ1n) is 10.1. The van der Waals surface area contributed by atoms with E-state index in [9.17, 15) is 9.59 Å². The van der Waals surface area contributed by atoms with Gasteiger partial charge in [-0.2, -0.15) is 0 Å². The number of hydrogen-bond donors (Lipinski definition) is 2. The Morgan fingerprint density at radius 1 is 0.818 bits per heavy atom. The standard InChI is InChI=1S/C25H22Cl2O6/c26-22-6-3-7-23(27)21(22)12-17-4-1-2-5-18(17)13-24(30)32-19-10-8-16(9-11-19)25(31)33-20(14-28)15-29/h1-11,20,28-29H,12-15H2. The van der Waals surface area contributed by atoms with Gasteiger partial charge in [0.25, 0.3) is 0 Å². The zero-order valence-electron chi connectivity index (χ0n) is 17.5. The first kappa shape index (κ1) is 24.7. The van der Waals surface area contributed by atoms with E-state index in [1.165, 1.54) is 24.3 Å². The van der Waals surface area contributed by atoms with Gasteiger partial charge in [-0.1, -0.05) is 53.5 Å². The minimum Gasteiger partial charge on any atom is -0.454 e. The van der Waals surface area contributed by atoms with Crippen LogP contribution in [0.5, 0.6) is 5.75 Å². The number of ether oxygens (including phenoxy) is 2. The van der Waals surface area contributed by atoms with Crippen molar-refractivity contribution in [2.24, 2.45) is 0 Å². The molecule has 0 aliphatic rings. The zero-order valence-corrected chi connectivity index (χ0v) is 19.1. The third kappa shape index (κ3) is 6.79. The third-order valence-corrected chi connectivity index (χ3v) is 5.59. The van der Waals surface area contributed by atoms with Crippen molar-refractivity contribution >= 4 is 35.1 Å². The number of carbonyl (C=O) groups excluding carboxylic acids is 2. The van der Waals surface area contributed by atoms with Crippen molar-refractivity contribution in [1.82, 2.24) is 0 Å². The lowest BCUT2D eigenvalue weighted by molar-refractivity contribution is -0.133. The highest BCUT2D eigenvalue weighted by atomic mass is 35.5. The Kier molecular flexibility index (Phi) is 8.86. The summed E-state index contributed by atoms with van der Waals surface area (Å²) in [6.45, 7) is -0.968. The van der Waals surface area contributed by atoms with E-state index in [0.717, 1.165) is 16.7 Å². The second-order valence-electron chi connectivity index (χ2n) is 7.21. The molecule has 3 aromatic rings. The summed E-state index contributed by atoms with van der Waals surface area (Å²) in [5.74, 6) is -0.902. The van der Waals surface area contributed by atoms with Crippen LogP contribution < -0.4 is 4.74 Å². The molecule has 0 spiro atoms. The molecular weight excluding hydrogens is 467 g/mol. The van der Waals surface area contributed by atoms with Crippen LogP contribution in [0.4, 0.5) is 0 Å². The number of aliphatic hydroxyl groups is 2. The Morgan fingerprint density at radius 2 is 1.42 bits per heavy atom. The Bertz CT molecular complexity index is 1090. The van der Waals surface area contributed by atoms with Gasteiger partial charge in [-0.3, -0.25) is 4.79 Å². The zero-order chi connectivity index (χ0) is 23.8. The molecule has 0 heterocycles. The van der Waals surface area contributed by atoms with Gasteiger partial charge in [0.1, 0.15) is 11.9 Å². The fourth-order valence-corrected chi connectivity index (χ4v) is 3.66. The van der Waals surface area contributed by atoms with Gasteiger partial charge in [-0.15, -0.1) is 0 Å². The van der Waals surface area contributed by atoms with E-state index >= 15 is 0 Å². The van der Waals surface area contributed by atoms with Gasteiger partial charge in [0.05, 0.1) is 25.2 Å². The SMILES string of the molecule is O=C(Cc1ccccc1Cc1c(Cl)cccc1Cl)Oc1ccc(C(=O)OC(CO)CO)cc1. The summed E-state index contributed by atoms with van der Waals surface area (Å²) in [5, 5.41) is 19.1. The maximum Gasteiger partial charge on any atom is 0.338 e. The lowest BCUT2D eigenvalue weighted by Gasteiger charge is -2.13. The number of halogens is 2. The fourth-order valence-electron chi connectivity index (χ4n) is 3.13. The summed E-state index contributed by atoms with van der Waals surface area (Å²) in [4.78, 5) is 24.6. The van der Waals surface area contributed by atoms with Crippen LogP contribution in [-0.2, 0) is 22.4 Å². The molecule has 0 bridgehead atoms. The van der Waals surface area contributed by atoms with Crippen LogP contribution in [0, 0.1) is 0 Å². The van der Waals surface area contributed by atoms with Crippen molar-refractivity contribution in [3.8, 4) is 5.75 Å². The van der Waals surface area contributed by atoms with Crippen LogP contribution >= 0.6 is 23.2 Å². The lowest BCUT2D eigenvalue weighted by Crippen LogP contribution is -2.25.